The topological polar surface area (TPSA) is 25.2 Å². The minimum Gasteiger partial charge on any atom is -0.256 e. The van der Waals surface area contributed by atoms with Crippen LogP contribution in [-0.2, 0) is 5.41 Å². The Bertz CT molecular complexity index is 2440. The van der Waals surface area contributed by atoms with Crippen molar-refractivity contribution in [3.05, 3.63) is 157 Å². The van der Waals surface area contributed by atoms with Gasteiger partial charge in [0.05, 0.1) is 15.9 Å². The maximum atomic E-state index is 5.33. The Hall–Kier alpha value is -5.38. The number of aromatic nitrogens is 1. The normalized spacial score (nSPS) is 12.1. The largest absolute Gasteiger partial charge is 0.256 e. The summed E-state index contributed by atoms with van der Waals surface area (Å²) in [5, 5.41) is 5.84. The van der Waals surface area contributed by atoms with Crippen LogP contribution in [0.15, 0.2) is 151 Å². The first-order chi connectivity index (χ1) is 22.9. The maximum absolute atomic E-state index is 5.33. The molecule has 0 aliphatic carbocycles. The van der Waals surface area contributed by atoms with E-state index in [0.29, 0.717) is 0 Å². The van der Waals surface area contributed by atoms with Crippen molar-refractivity contribution in [2.24, 2.45) is 4.99 Å². The zero-order valence-electron chi connectivity index (χ0n) is 26.7. The summed E-state index contributed by atoms with van der Waals surface area (Å²) in [7, 11) is 0. The number of rotatable bonds is 5. The quantitative estimate of drug-likeness (QED) is 0.175. The van der Waals surface area contributed by atoms with Crippen LogP contribution in [0.25, 0.3) is 64.6 Å². The third-order valence-corrected chi connectivity index (χ3v) is 9.96. The lowest BCUT2D eigenvalue weighted by atomic mass is 9.85. The number of hydrogen-bond donors (Lipinski definition) is 0. The molecule has 0 saturated carbocycles. The van der Waals surface area contributed by atoms with Gasteiger partial charge in [-0.05, 0) is 85.6 Å². The van der Waals surface area contributed by atoms with Gasteiger partial charge in [0.25, 0.3) is 0 Å². The average molecular weight is 623 g/mol. The van der Waals surface area contributed by atoms with Crippen molar-refractivity contribution in [3.63, 3.8) is 0 Å². The lowest BCUT2D eigenvalue weighted by Crippen LogP contribution is -2.11. The molecule has 0 amide bonds. The van der Waals surface area contributed by atoms with Crippen LogP contribution < -0.4 is 0 Å². The molecular weight excluding hydrogens is 589 g/mol. The van der Waals surface area contributed by atoms with Crippen molar-refractivity contribution in [2.45, 2.75) is 26.2 Å². The summed E-state index contributed by atoms with van der Waals surface area (Å²) in [5.41, 5.74) is 10.2. The molecule has 0 N–H and O–H groups in total. The Labute approximate surface area is 279 Å². The first kappa shape index (κ1) is 29.1. The van der Waals surface area contributed by atoms with Gasteiger partial charge in [0.1, 0.15) is 5.01 Å². The van der Waals surface area contributed by atoms with E-state index in [9.17, 15) is 0 Å². The van der Waals surface area contributed by atoms with E-state index in [2.05, 4.69) is 160 Å². The minimum absolute atomic E-state index is 0.00478. The van der Waals surface area contributed by atoms with Gasteiger partial charge in [-0.1, -0.05) is 130 Å². The molecule has 0 radical (unpaired) electrons. The molecule has 0 saturated heterocycles. The second-order valence-corrected chi connectivity index (χ2v) is 14.2. The molecule has 0 atom stereocenters. The first-order valence-electron chi connectivity index (χ1n) is 16.1. The summed E-state index contributed by atoms with van der Waals surface area (Å²) in [5.74, 6) is 0. The van der Waals surface area contributed by atoms with Crippen LogP contribution >= 0.6 is 11.3 Å². The number of fused-ring (bicyclic) bond motifs is 3. The molecule has 1 heterocycles. The van der Waals surface area contributed by atoms with Gasteiger partial charge < -0.3 is 0 Å². The molecule has 0 bridgehead atoms. The molecule has 7 aromatic carbocycles. The van der Waals surface area contributed by atoms with Crippen LogP contribution in [0, 0.1) is 0 Å². The zero-order chi connectivity index (χ0) is 32.0. The van der Waals surface area contributed by atoms with Gasteiger partial charge in [-0.3, -0.25) is 4.99 Å². The van der Waals surface area contributed by atoms with E-state index in [4.69, 9.17) is 9.98 Å². The van der Waals surface area contributed by atoms with Gasteiger partial charge in [0.2, 0.25) is 0 Å². The van der Waals surface area contributed by atoms with Crippen molar-refractivity contribution in [2.75, 3.05) is 0 Å². The Morgan fingerprint density at radius 3 is 2.11 bits per heavy atom. The van der Waals surface area contributed by atoms with Crippen LogP contribution in [-0.4, -0.2) is 11.2 Å². The fourth-order valence-electron chi connectivity index (χ4n) is 6.29. The van der Waals surface area contributed by atoms with Gasteiger partial charge in [-0.2, -0.15) is 0 Å². The summed E-state index contributed by atoms with van der Waals surface area (Å²) in [4.78, 5) is 10.3. The molecule has 0 fully saturated rings. The van der Waals surface area contributed by atoms with Crippen LogP contribution in [0.5, 0.6) is 0 Å². The van der Waals surface area contributed by atoms with E-state index in [1.807, 2.05) is 12.3 Å². The molecule has 8 aromatic rings. The Balaban J connectivity index is 1.23. The van der Waals surface area contributed by atoms with Gasteiger partial charge in [-0.25, -0.2) is 4.98 Å². The van der Waals surface area contributed by atoms with Gasteiger partial charge in [0.15, 0.2) is 0 Å². The number of hydrogen-bond acceptors (Lipinski definition) is 3. The van der Waals surface area contributed by atoms with E-state index in [-0.39, 0.29) is 5.41 Å². The molecule has 47 heavy (non-hydrogen) atoms. The molecule has 3 heteroatoms. The monoisotopic (exact) mass is 622 g/mol. The molecule has 1 aromatic heterocycles. The van der Waals surface area contributed by atoms with Gasteiger partial charge >= 0.3 is 0 Å². The SMILES string of the molecule is CC(C)(C)c1cc(-c2ccc3cc(-c4ccccc4)ccc3c2)c2nc(-c3ccccc3N=Cc3cccc4ccccc34)sc2c1. The van der Waals surface area contributed by atoms with Crippen LogP contribution in [0.3, 0.4) is 0 Å². The average Bonchev–Trinajstić information content (AvgIpc) is 3.54. The van der Waals surface area contributed by atoms with Crippen molar-refractivity contribution in [3.8, 4) is 32.8 Å². The highest BCUT2D eigenvalue weighted by Crippen LogP contribution is 2.42. The summed E-state index contributed by atoms with van der Waals surface area (Å²) >= 11 is 1.75. The first-order valence-corrected chi connectivity index (χ1v) is 16.9. The summed E-state index contributed by atoms with van der Waals surface area (Å²) in [6.07, 6.45) is 1.98. The van der Waals surface area contributed by atoms with E-state index in [0.717, 1.165) is 27.3 Å². The number of nitrogens with zero attached hydrogens (tertiary/aromatic N) is 2. The second kappa shape index (κ2) is 11.8. The van der Waals surface area contributed by atoms with Gasteiger partial charge in [-0.15, -0.1) is 11.3 Å². The highest BCUT2D eigenvalue weighted by atomic mass is 32.1. The van der Waals surface area contributed by atoms with Crippen LogP contribution in [0.1, 0.15) is 31.9 Å². The number of aliphatic imine (C=N–C) groups is 1. The van der Waals surface area contributed by atoms with E-state index < -0.39 is 0 Å². The van der Waals surface area contributed by atoms with E-state index in [1.54, 1.807) is 11.3 Å². The zero-order valence-corrected chi connectivity index (χ0v) is 27.6. The number of para-hydroxylation sites is 1. The predicted molar refractivity (Wildman–Crippen MR) is 203 cm³/mol. The standard InChI is InChI=1S/C44H34N2S/c1-44(2,3)36-26-39(34-23-22-32-24-31(20-21-33(32)25-34)29-12-5-4-6-13-29)42-41(27-36)47-43(46-42)38-18-9-10-19-40(38)45-28-35-16-11-15-30-14-7-8-17-37(30)35/h4-28H,1-3H3. The molecule has 0 spiro atoms. The molecule has 0 aliphatic heterocycles. The minimum atomic E-state index is -0.00478. The molecular formula is C44H34N2S. The highest BCUT2D eigenvalue weighted by molar-refractivity contribution is 7.21. The summed E-state index contributed by atoms with van der Waals surface area (Å²) in [6, 6.07) is 51.9. The second-order valence-electron chi connectivity index (χ2n) is 13.1. The predicted octanol–water partition coefficient (Wildman–Crippen LogP) is 12.7. The van der Waals surface area contributed by atoms with Crippen LogP contribution in [0.2, 0.25) is 0 Å². The van der Waals surface area contributed by atoms with Crippen molar-refractivity contribution < 1.29 is 0 Å². The lowest BCUT2D eigenvalue weighted by molar-refractivity contribution is 0.591. The Morgan fingerprint density at radius 1 is 0.574 bits per heavy atom. The lowest BCUT2D eigenvalue weighted by Gasteiger charge is -2.20. The molecule has 2 nitrogen and oxygen atoms in total. The highest BCUT2D eigenvalue weighted by Gasteiger charge is 2.20. The van der Waals surface area contributed by atoms with E-state index in [1.165, 1.54) is 54.1 Å². The fourth-order valence-corrected chi connectivity index (χ4v) is 7.36. The van der Waals surface area contributed by atoms with Crippen molar-refractivity contribution >= 4 is 55.0 Å². The van der Waals surface area contributed by atoms with Crippen molar-refractivity contribution in [1.29, 1.82) is 0 Å². The van der Waals surface area contributed by atoms with Crippen molar-refractivity contribution in [1.82, 2.24) is 4.98 Å². The van der Waals surface area contributed by atoms with E-state index >= 15 is 0 Å². The molecule has 8 rings (SSSR count). The summed E-state index contributed by atoms with van der Waals surface area (Å²) < 4.78 is 1.19. The third kappa shape index (κ3) is 5.64. The third-order valence-electron chi connectivity index (χ3n) is 8.92. The number of thiazole rings is 1. The number of benzene rings is 7. The molecule has 0 unspecified atom stereocenters. The Morgan fingerprint density at radius 2 is 1.28 bits per heavy atom. The Kier molecular flexibility index (Phi) is 7.27. The smallest absolute Gasteiger partial charge is 0.126 e. The van der Waals surface area contributed by atoms with Crippen LogP contribution in [0.4, 0.5) is 5.69 Å². The molecule has 226 valence electrons. The van der Waals surface area contributed by atoms with Gasteiger partial charge in [0, 0.05) is 22.9 Å². The fraction of sp³-hybridized carbons (Fsp3) is 0.0909. The molecule has 0 aliphatic rings. The summed E-state index contributed by atoms with van der Waals surface area (Å²) in [6.45, 7) is 6.84. The maximum Gasteiger partial charge on any atom is 0.126 e.